The third-order valence-corrected chi connectivity index (χ3v) is 5.64. The number of halogens is 4. The van der Waals surface area contributed by atoms with E-state index in [9.17, 15) is 36.7 Å². The molecule has 2 heterocycles. The molecule has 4 rings (SSSR count). The highest BCUT2D eigenvalue weighted by atomic mass is 19.4. The molecule has 8 nitrogen and oxygen atoms in total. The van der Waals surface area contributed by atoms with Gasteiger partial charge in [-0.1, -0.05) is 6.07 Å². The molecule has 0 aliphatic rings. The number of hydrogen-bond acceptors (Lipinski definition) is 6. The number of carbonyl (C=O) groups excluding carboxylic acids is 2. The maximum Gasteiger partial charge on any atom is 0.416 e. The summed E-state index contributed by atoms with van der Waals surface area (Å²) in [6.45, 7) is 4.38. The van der Waals surface area contributed by atoms with Crippen molar-refractivity contribution in [2.24, 2.45) is 0 Å². The molecular formula is C27H24F4N2O6. The summed E-state index contributed by atoms with van der Waals surface area (Å²) >= 11 is 0. The highest BCUT2D eigenvalue weighted by Gasteiger charge is 2.31. The lowest BCUT2D eigenvalue weighted by molar-refractivity contribution is -0.137. The summed E-state index contributed by atoms with van der Waals surface area (Å²) in [5.41, 5.74) is -0.946. The summed E-state index contributed by atoms with van der Waals surface area (Å²) in [5, 5.41) is 0.436. The molecule has 0 amide bonds. The molecule has 0 aliphatic carbocycles. The van der Waals surface area contributed by atoms with Crippen molar-refractivity contribution in [1.82, 2.24) is 9.97 Å². The van der Waals surface area contributed by atoms with Gasteiger partial charge in [0.1, 0.15) is 17.9 Å². The Bertz CT molecular complexity index is 1660. The average molecular weight is 548 g/mol. The Morgan fingerprint density at radius 1 is 0.872 bits per heavy atom. The van der Waals surface area contributed by atoms with Crippen LogP contribution in [0.15, 0.2) is 52.2 Å². The fraction of sp³-hybridized carbons (Fsp3) is 0.259. The zero-order valence-electron chi connectivity index (χ0n) is 21.1. The Morgan fingerprint density at radius 3 is 2.10 bits per heavy atom. The predicted octanol–water partition coefficient (Wildman–Crippen LogP) is 5.21. The van der Waals surface area contributed by atoms with Crippen LogP contribution >= 0.6 is 0 Å². The first kappa shape index (κ1) is 29.1. The number of nitrogens with one attached hydrogen (secondary N) is 2. The number of esters is 2. The van der Waals surface area contributed by atoms with Crippen LogP contribution in [-0.2, 0) is 22.3 Å². The van der Waals surface area contributed by atoms with Gasteiger partial charge >= 0.3 is 18.1 Å². The first-order valence-electron chi connectivity index (χ1n) is 11.7. The lowest BCUT2D eigenvalue weighted by Crippen LogP contribution is -2.18. The molecule has 0 aliphatic heterocycles. The summed E-state index contributed by atoms with van der Waals surface area (Å²) in [5.74, 6) is -1.43. The van der Waals surface area contributed by atoms with Gasteiger partial charge in [-0.15, -0.1) is 0 Å². The van der Waals surface area contributed by atoms with Crippen LogP contribution in [0.5, 0.6) is 0 Å². The summed E-state index contributed by atoms with van der Waals surface area (Å²) < 4.78 is 60.1. The minimum atomic E-state index is -4.53. The normalized spacial score (nSPS) is 11.2. The third kappa shape index (κ3) is 6.33. The predicted molar refractivity (Wildman–Crippen MR) is 136 cm³/mol. The second-order valence-corrected chi connectivity index (χ2v) is 8.20. The van der Waals surface area contributed by atoms with Crippen molar-refractivity contribution in [2.75, 3.05) is 13.2 Å². The van der Waals surface area contributed by atoms with Gasteiger partial charge in [0.2, 0.25) is 5.43 Å². The second-order valence-electron chi connectivity index (χ2n) is 8.20. The summed E-state index contributed by atoms with van der Waals surface area (Å²) in [6.07, 6.45) is -3.23. The van der Waals surface area contributed by atoms with Crippen molar-refractivity contribution in [3.8, 4) is 0 Å². The van der Waals surface area contributed by atoms with Gasteiger partial charge in [-0.3, -0.25) is 9.59 Å². The average Bonchev–Trinajstić information content (AvgIpc) is 2.90. The van der Waals surface area contributed by atoms with Crippen LogP contribution in [0.2, 0.25) is 0 Å². The Hall–Kier alpha value is -4.48. The highest BCUT2D eigenvalue weighted by molar-refractivity contribution is 5.94. The van der Waals surface area contributed by atoms with Crippen LogP contribution in [0.1, 0.15) is 51.4 Å². The fourth-order valence-corrected chi connectivity index (χ4v) is 3.69. The largest absolute Gasteiger partial charge is 0.462 e. The summed E-state index contributed by atoms with van der Waals surface area (Å²) in [6, 6.07) is 7.31. The van der Waals surface area contributed by atoms with E-state index in [1.165, 1.54) is 25.3 Å². The van der Waals surface area contributed by atoms with Crippen LogP contribution in [0.25, 0.3) is 21.8 Å². The maximum absolute atomic E-state index is 12.7. The van der Waals surface area contributed by atoms with Crippen molar-refractivity contribution >= 4 is 33.7 Å². The van der Waals surface area contributed by atoms with Crippen LogP contribution in [0.4, 0.5) is 17.6 Å². The molecule has 2 aromatic heterocycles. The number of fused-ring (bicyclic) bond motifs is 2. The van der Waals surface area contributed by atoms with E-state index >= 15 is 0 Å². The molecular weight excluding hydrogens is 524 g/mol. The Morgan fingerprint density at radius 2 is 1.49 bits per heavy atom. The number of carbonyl (C=O) groups is 2. The Labute approximate surface area is 218 Å². The maximum atomic E-state index is 12.7. The van der Waals surface area contributed by atoms with Crippen molar-refractivity contribution in [3.63, 3.8) is 0 Å². The van der Waals surface area contributed by atoms with Gasteiger partial charge in [0.25, 0.3) is 0 Å². The smallest absolute Gasteiger partial charge is 0.416 e. The van der Waals surface area contributed by atoms with E-state index < -0.39 is 41.2 Å². The zero-order chi connectivity index (χ0) is 28.9. The Kier molecular flexibility index (Phi) is 8.89. The molecule has 0 radical (unpaired) electrons. The van der Waals surface area contributed by atoms with E-state index in [1.54, 1.807) is 19.9 Å². The third-order valence-electron chi connectivity index (χ3n) is 5.64. The number of aromatic nitrogens is 2. The second kappa shape index (κ2) is 11.9. The van der Waals surface area contributed by atoms with Crippen LogP contribution in [0.3, 0.4) is 0 Å². The first-order chi connectivity index (χ1) is 18.4. The molecule has 12 heteroatoms. The van der Waals surface area contributed by atoms with Gasteiger partial charge in [-0.25, -0.2) is 14.0 Å². The van der Waals surface area contributed by atoms with E-state index in [-0.39, 0.29) is 40.9 Å². The van der Waals surface area contributed by atoms with Crippen LogP contribution in [-0.4, -0.2) is 35.1 Å². The molecule has 2 N–H and O–H groups in total. The van der Waals surface area contributed by atoms with E-state index in [1.807, 2.05) is 0 Å². The number of pyridine rings is 2. The molecule has 0 atom stereocenters. The minimum absolute atomic E-state index is 0.0441. The van der Waals surface area contributed by atoms with Gasteiger partial charge in [-0.05, 0) is 56.7 Å². The lowest BCUT2D eigenvalue weighted by Gasteiger charge is -2.10. The van der Waals surface area contributed by atoms with Gasteiger partial charge in [0, 0.05) is 28.0 Å². The van der Waals surface area contributed by atoms with Crippen molar-refractivity contribution < 1.29 is 36.6 Å². The molecule has 206 valence electrons. The minimum Gasteiger partial charge on any atom is -0.462 e. The SMILES string of the molecule is CCOC(=O)c1[nH]c2cc(C(F)(F)F)ccc2c(=O)c1C.CCOC(=O)c1c[nH]c2cc(CF)ccc2c1=O. The molecule has 39 heavy (non-hydrogen) atoms. The summed E-state index contributed by atoms with van der Waals surface area (Å²) in [7, 11) is 0. The molecule has 0 saturated heterocycles. The van der Waals surface area contributed by atoms with E-state index in [2.05, 4.69) is 9.97 Å². The number of aromatic amines is 2. The van der Waals surface area contributed by atoms with Gasteiger partial charge in [-0.2, -0.15) is 13.2 Å². The van der Waals surface area contributed by atoms with Gasteiger partial charge in [0.15, 0.2) is 5.43 Å². The molecule has 0 saturated carbocycles. The number of rotatable bonds is 5. The number of alkyl halides is 4. The number of ether oxygens (including phenoxy) is 2. The van der Waals surface area contributed by atoms with Gasteiger partial charge in [0.05, 0.1) is 24.3 Å². The molecule has 0 unspecified atom stereocenters. The monoisotopic (exact) mass is 548 g/mol. The quantitative estimate of drug-likeness (QED) is 0.261. The van der Waals surface area contributed by atoms with Crippen molar-refractivity contribution in [2.45, 2.75) is 33.6 Å². The topological polar surface area (TPSA) is 118 Å². The Balaban J connectivity index is 0.000000218. The number of hydrogen-bond donors (Lipinski definition) is 2. The molecule has 0 fully saturated rings. The lowest BCUT2D eigenvalue weighted by atomic mass is 10.1. The standard InChI is InChI=1S/C14H12F3NO3.C13H12FNO3/c1-3-21-13(20)11-7(2)12(19)9-5-4-8(14(15,16)17)6-10(9)18-11;1-2-18-13(17)10-7-15-11-5-8(6-14)3-4-9(11)12(10)16/h4-6H,3H2,1-2H3,(H,18,19);3-5,7H,2,6H2,1H3,(H,15,16). The van der Waals surface area contributed by atoms with Crippen LogP contribution in [0, 0.1) is 6.92 Å². The number of H-pyrrole nitrogens is 2. The van der Waals surface area contributed by atoms with Crippen LogP contribution < -0.4 is 10.9 Å². The van der Waals surface area contributed by atoms with Crippen molar-refractivity contribution in [3.05, 3.63) is 91.0 Å². The first-order valence-corrected chi connectivity index (χ1v) is 11.7. The van der Waals surface area contributed by atoms with E-state index in [4.69, 9.17) is 9.47 Å². The zero-order valence-corrected chi connectivity index (χ0v) is 21.1. The summed E-state index contributed by atoms with van der Waals surface area (Å²) in [4.78, 5) is 52.8. The molecule has 0 spiro atoms. The highest BCUT2D eigenvalue weighted by Crippen LogP contribution is 2.30. The van der Waals surface area contributed by atoms with E-state index in [0.29, 0.717) is 16.5 Å². The molecule has 4 aromatic rings. The van der Waals surface area contributed by atoms with E-state index in [0.717, 1.165) is 18.2 Å². The fourth-order valence-electron chi connectivity index (χ4n) is 3.69. The van der Waals surface area contributed by atoms with Crippen molar-refractivity contribution in [1.29, 1.82) is 0 Å². The number of benzene rings is 2. The van der Waals surface area contributed by atoms with Gasteiger partial charge < -0.3 is 19.4 Å². The molecule has 0 bridgehead atoms. The molecule has 2 aromatic carbocycles.